The number of β-lactam (4-membered cyclic amide) rings is 1. The van der Waals surface area contributed by atoms with Crippen LogP contribution >= 0.6 is 23.5 Å². The average molecular weight is 519 g/mol. The number of nitrogens with zero attached hydrogens (tertiary/aromatic N) is 3. The molecule has 2 aliphatic rings. The van der Waals surface area contributed by atoms with Crippen LogP contribution in [0.5, 0.6) is 0 Å². The van der Waals surface area contributed by atoms with Crippen molar-refractivity contribution in [1.29, 1.82) is 0 Å². The van der Waals surface area contributed by atoms with Crippen LogP contribution in [0.15, 0.2) is 46.6 Å². The number of carboxylic acid groups (broad SMARTS) is 1. The second-order valence-corrected chi connectivity index (χ2v) is 9.60. The van der Waals surface area contributed by atoms with Crippen molar-refractivity contribution in [3.8, 4) is 0 Å². The minimum atomic E-state index is -1.25. The molecule has 1 aromatic carbocycles. The lowest BCUT2D eigenvalue weighted by Gasteiger charge is -2.49. The molecule has 0 radical (unpaired) electrons. The van der Waals surface area contributed by atoms with Gasteiger partial charge in [-0.3, -0.25) is 14.5 Å². The molecule has 12 nitrogen and oxygen atoms in total. The first-order valence-electron chi connectivity index (χ1n) is 10.5. The Balaban J connectivity index is 1.45. The van der Waals surface area contributed by atoms with Crippen molar-refractivity contribution in [3.63, 3.8) is 0 Å². The highest BCUT2D eigenvalue weighted by molar-refractivity contribution is 8.01. The fraction of sp³-hybridized carbons (Fsp3) is 0.333. The van der Waals surface area contributed by atoms with Gasteiger partial charge in [0.15, 0.2) is 5.03 Å². The quantitative estimate of drug-likeness (QED) is 0.206. The molecule has 14 heteroatoms. The number of hydrogen-bond acceptors (Lipinski definition) is 10. The molecule has 2 amide bonds. The third kappa shape index (κ3) is 4.90. The zero-order valence-corrected chi connectivity index (χ0v) is 20.1. The van der Waals surface area contributed by atoms with Crippen LogP contribution in [0.1, 0.15) is 29.0 Å². The van der Waals surface area contributed by atoms with Crippen LogP contribution in [0, 0.1) is 0 Å². The number of benzene rings is 1. The number of fused-ring (bicyclic) bond motifs is 1. The molecule has 1 saturated heterocycles. The molecule has 1 aromatic heterocycles. The summed E-state index contributed by atoms with van der Waals surface area (Å²) in [6.45, 7) is 1.84. The second-order valence-electron chi connectivity index (χ2n) is 7.53. The zero-order valence-electron chi connectivity index (χ0n) is 18.5. The molecule has 3 heterocycles. The molecular formula is C21H22N6O6S2. The highest BCUT2D eigenvalue weighted by Crippen LogP contribution is 2.41. The topological polar surface area (TPSA) is 181 Å². The first kappa shape index (κ1) is 24.8. The Morgan fingerprint density at radius 3 is 2.77 bits per heavy atom. The lowest BCUT2D eigenvalue weighted by Crippen LogP contribution is -2.71. The van der Waals surface area contributed by atoms with E-state index in [0.717, 1.165) is 11.8 Å². The summed E-state index contributed by atoms with van der Waals surface area (Å²) in [6, 6.07) is 6.91. The van der Waals surface area contributed by atoms with Crippen LogP contribution in [0.25, 0.3) is 0 Å². The summed E-state index contributed by atoms with van der Waals surface area (Å²) in [5, 5.41) is 22.3. The third-order valence-corrected chi connectivity index (χ3v) is 7.75. The van der Waals surface area contributed by atoms with Gasteiger partial charge in [-0.1, -0.05) is 42.1 Å². The van der Waals surface area contributed by atoms with E-state index < -0.39 is 41.2 Å². The SMILES string of the molecule is CCOC(=O)c1n[nH]nc1SCC1=C(C(=O)O)N2C(=O)C(NC(=O)[C@H](N)c3ccccc3)[C@H]2SC1. The number of aromatic nitrogens is 3. The highest BCUT2D eigenvalue weighted by atomic mass is 32.2. The first-order chi connectivity index (χ1) is 16.8. The molecule has 2 aliphatic heterocycles. The van der Waals surface area contributed by atoms with E-state index in [1.165, 1.54) is 16.7 Å². The zero-order chi connectivity index (χ0) is 25.1. The number of amides is 2. The Labute approximate surface area is 208 Å². The number of nitrogens with two attached hydrogens (primary N) is 1. The van der Waals surface area contributed by atoms with Crippen LogP contribution < -0.4 is 11.1 Å². The molecule has 35 heavy (non-hydrogen) atoms. The number of nitrogens with one attached hydrogen (secondary N) is 2. The third-order valence-electron chi connectivity index (χ3n) is 5.36. The standard InChI is InChI=1S/C21H22N6O6S2/c1-2-33-21(32)13-17(25-26-24-13)34-8-11-9-35-19-14(18(29)27(19)15(11)20(30)31)23-16(28)12(22)10-6-4-3-5-7-10/h3-7,12,14,19H,2,8-9,22H2,1H3,(H,23,28)(H,30,31)(H,24,25,26)/t12-,14?,19-/m1/s1. The molecule has 4 rings (SSSR count). The molecule has 2 aromatic rings. The van der Waals surface area contributed by atoms with Gasteiger partial charge in [0.2, 0.25) is 11.6 Å². The van der Waals surface area contributed by atoms with Crippen molar-refractivity contribution in [2.24, 2.45) is 5.73 Å². The molecule has 0 saturated carbocycles. The average Bonchev–Trinajstić information content (AvgIpc) is 3.34. The lowest BCUT2D eigenvalue weighted by molar-refractivity contribution is -0.150. The number of thioether (sulfide) groups is 2. The number of ether oxygens (including phenoxy) is 1. The Kier molecular flexibility index (Phi) is 7.42. The Morgan fingerprint density at radius 1 is 1.34 bits per heavy atom. The van der Waals surface area contributed by atoms with Gasteiger partial charge in [0.1, 0.15) is 23.2 Å². The van der Waals surface area contributed by atoms with Crippen LogP contribution in [-0.2, 0) is 19.1 Å². The number of esters is 1. The predicted molar refractivity (Wildman–Crippen MR) is 126 cm³/mol. The van der Waals surface area contributed by atoms with Crippen LogP contribution in [0.2, 0.25) is 0 Å². The van der Waals surface area contributed by atoms with Crippen LogP contribution in [0.3, 0.4) is 0 Å². The number of carbonyl (C=O) groups excluding carboxylic acids is 3. The second kappa shape index (κ2) is 10.5. The van der Waals surface area contributed by atoms with E-state index >= 15 is 0 Å². The fourth-order valence-corrected chi connectivity index (χ4v) is 6.05. The molecule has 1 fully saturated rings. The van der Waals surface area contributed by atoms with Gasteiger partial charge in [-0.05, 0) is 18.1 Å². The maximum atomic E-state index is 12.9. The lowest BCUT2D eigenvalue weighted by atomic mass is 10.0. The summed E-state index contributed by atoms with van der Waals surface area (Å²) in [4.78, 5) is 50.7. The minimum absolute atomic E-state index is 0.00761. The molecule has 5 N–H and O–H groups in total. The molecule has 184 valence electrons. The van der Waals surface area contributed by atoms with Gasteiger partial charge in [-0.25, -0.2) is 9.59 Å². The highest BCUT2D eigenvalue weighted by Gasteiger charge is 2.54. The Hall–Kier alpha value is -3.36. The number of H-pyrrole nitrogens is 1. The fourth-order valence-electron chi connectivity index (χ4n) is 3.66. The van der Waals surface area contributed by atoms with Gasteiger partial charge in [0.05, 0.1) is 6.61 Å². The minimum Gasteiger partial charge on any atom is -0.477 e. The van der Waals surface area contributed by atoms with Gasteiger partial charge >= 0.3 is 11.9 Å². The van der Waals surface area contributed by atoms with Crippen LogP contribution in [-0.4, -0.2) is 78.7 Å². The summed E-state index contributed by atoms with van der Waals surface area (Å²) in [6.07, 6.45) is 0. The van der Waals surface area contributed by atoms with E-state index in [0.29, 0.717) is 16.9 Å². The molecule has 3 atom stereocenters. The van der Waals surface area contributed by atoms with Gasteiger partial charge < -0.3 is 20.9 Å². The van der Waals surface area contributed by atoms with Crippen molar-refractivity contribution in [2.75, 3.05) is 18.1 Å². The smallest absolute Gasteiger partial charge is 0.361 e. The Morgan fingerprint density at radius 2 is 2.09 bits per heavy atom. The van der Waals surface area contributed by atoms with E-state index in [4.69, 9.17) is 10.5 Å². The molecule has 0 spiro atoms. The van der Waals surface area contributed by atoms with Gasteiger partial charge in [-0.2, -0.15) is 5.21 Å². The summed E-state index contributed by atoms with van der Waals surface area (Å²) in [5.74, 6) is -2.46. The van der Waals surface area contributed by atoms with Crippen molar-refractivity contribution in [1.82, 2.24) is 25.6 Å². The maximum absolute atomic E-state index is 12.9. The number of carbonyl (C=O) groups is 4. The van der Waals surface area contributed by atoms with Crippen molar-refractivity contribution < 1.29 is 29.0 Å². The summed E-state index contributed by atoms with van der Waals surface area (Å²) < 4.78 is 4.94. The van der Waals surface area contributed by atoms with Gasteiger partial charge in [-0.15, -0.1) is 22.0 Å². The van der Waals surface area contributed by atoms with E-state index in [9.17, 15) is 24.3 Å². The monoisotopic (exact) mass is 518 g/mol. The summed E-state index contributed by atoms with van der Waals surface area (Å²) in [5.41, 5.74) is 6.98. The normalized spacial score (nSPS) is 20.1. The number of hydrogen-bond donors (Lipinski definition) is 4. The molecular weight excluding hydrogens is 496 g/mol. The largest absolute Gasteiger partial charge is 0.477 e. The van der Waals surface area contributed by atoms with E-state index in [-0.39, 0.29) is 28.8 Å². The van der Waals surface area contributed by atoms with Crippen molar-refractivity contribution >= 4 is 47.3 Å². The number of aliphatic carboxylic acids is 1. The van der Waals surface area contributed by atoms with Crippen LogP contribution in [0.4, 0.5) is 0 Å². The number of rotatable bonds is 9. The van der Waals surface area contributed by atoms with Gasteiger partial charge in [0, 0.05) is 11.5 Å². The number of aromatic amines is 1. The molecule has 0 bridgehead atoms. The van der Waals surface area contributed by atoms with E-state index in [2.05, 4.69) is 20.7 Å². The summed E-state index contributed by atoms with van der Waals surface area (Å²) in [7, 11) is 0. The van der Waals surface area contributed by atoms with Gasteiger partial charge in [0.25, 0.3) is 5.91 Å². The molecule has 1 unspecified atom stereocenters. The first-order valence-corrected chi connectivity index (χ1v) is 12.6. The van der Waals surface area contributed by atoms with Crippen molar-refractivity contribution in [3.05, 3.63) is 52.9 Å². The van der Waals surface area contributed by atoms with E-state index in [1.54, 1.807) is 37.3 Å². The number of carboxylic acids is 1. The van der Waals surface area contributed by atoms with E-state index in [1.807, 2.05) is 0 Å². The Bertz CT molecular complexity index is 1190. The molecule has 0 aliphatic carbocycles. The van der Waals surface area contributed by atoms with Crippen molar-refractivity contribution in [2.45, 2.75) is 29.4 Å². The predicted octanol–water partition coefficient (Wildman–Crippen LogP) is 0.512. The maximum Gasteiger partial charge on any atom is 0.361 e. The summed E-state index contributed by atoms with van der Waals surface area (Å²) >= 11 is 2.45.